The second kappa shape index (κ2) is 8.85. The molecule has 2 aromatic carbocycles. The van der Waals surface area contributed by atoms with Crippen molar-refractivity contribution in [1.82, 2.24) is 19.2 Å². The molecule has 1 aliphatic rings. The summed E-state index contributed by atoms with van der Waals surface area (Å²) < 4.78 is 8.33. The molecule has 1 N–H and O–H groups in total. The lowest BCUT2D eigenvalue weighted by atomic mass is 9.96. The van der Waals surface area contributed by atoms with Crippen LogP contribution in [0.15, 0.2) is 53.3 Å². The van der Waals surface area contributed by atoms with Gasteiger partial charge < -0.3 is 15.0 Å². The number of ether oxygens (including phenoxy) is 1. The molecule has 1 saturated heterocycles. The molecule has 1 aliphatic heterocycles. The highest BCUT2D eigenvalue weighted by atomic mass is 35.5. The van der Waals surface area contributed by atoms with Crippen LogP contribution in [0.3, 0.4) is 0 Å². The van der Waals surface area contributed by atoms with Gasteiger partial charge in [0.1, 0.15) is 11.6 Å². The summed E-state index contributed by atoms with van der Waals surface area (Å²) in [4.78, 5) is 27.2. The third kappa shape index (κ3) is 4.29. The number of piperidine rings is 1. The first-order valence-electron chi connectivity index (χ1n) is 10.1. The van der Waals surface area contributed by atoms with Crippen LogP contribution in [-0.2, 0) is 7.05 Å². The Morgan fingerprint density at radius 2 is 1.87 bits per heavy atom. The molecule has 1 fully saturated rings. The Balaban J connectivity index is 1.48. The number of aryl methyl sites for hydroxylation is 1. The van der Waals surface area contributed by atoms with Gasteiger partial charge in [0.05, 0.1) is 18.5 Å². The van der Waals surface area contributed by atoms with Crippen LogP contribution in [0.5, 0.6) is 5.75 Å². The number of carbonyl (C=O) groups is 1. The van der Waals surface area contributed by atoms with Crippen molar-refractivity contribution in [3.05, 3.63) is 69.9 Å². The van der Waals surface area contributed by atoms with Crippen LogP contribution in [0.25, 0.3) is 5.69 Å². The first kappa shape index (κ1) is 21.0. The van der Waals surface area contributed by atoms with Gasteiger partial charge >= 0.3 is 11.7 Å². The summed E-state index contributed by atoms with van der Waals surface area (Å²) in [5.41, 5.74) is 1.16. The number of nitrogens with zero attached hydrogens (tertiary/aromatic N) is 4. The standard InChI is InChI=1S/C22H24ClN5O3/c1-26-22(30)28(17-6-4-3-5-7-17)20(25-26)15-10-12-27(13-11-15)21(29)24-18-14-16(23)8-9-19(18)31-2/h3-9,14-15H,10-13H2,1-2H3,(H,24,29). The number of halogens is 1. The fraction of sp³-hybridized carbons (Fsp3) is 0.318. The van der Waals surface area contributed by atoms with Gasteiger partial charge in [-0.25, -0.2) is 18.8 Å². The molecular formula is C22H24ClN5O3. The van der Waals surface area contributed by atoms with Gasteiger partial charge in [0.2, 0.25) is 0 Å². The summed E-state index contributed by atoms with van der Waals surface area (Å²) in [5, 5.41) is 7.89. The van der Waals surface area contributed by atoms with Crippen molar-refractivity contribution in [2.45, 2.75) is 18.8 Å². The molecule has 3 aromatic rings. The average Bonchev–Trinajstić information content (AvgIpc) is 3.09. The predicted molar refractivity (Wildman–Crippen MR) is 119 cm³/mol. The van der Waals surface area contributed by atoms with E-state index in [1.807, 2.05) is 30.3 Å². The molecule has 1 aromatic heterocycles. The molecule has 0 spiro atoms. The Morgan fingerprint density at radius 1 is 1.16 bits per heavy atom. The Morgan fingerprint density at radius 3 is 2.55 bits per heavy atom. The predicted octanol–water partition coefficient (Wildman–Crippen LogP) is 3.64. The molecule has 9 heteroatoms. The summed E-state index contributed by atoms with van der Waals surface area (Å²) in [6, 6.07) is 14.4. The minimum atomic E-state index is -0.208. The van der Waals surface area contributed by atoms with E-state index in [-0.39, 0.29) is 17.6 Å². The van der Waals surface area contributed by atoms with Gasteiger partial charge in [-0.05, 0) is 43.2 Å². The van der Waals surface area contributed by atoms with Gasteiger partial charge in [-0.15, -0.1) is 0 Å². The van der Waals surface area contributed by atoms with Gasteiger partial charge in [0.25, 0.3) is 0 Å². The fourth-order valence-electron chi connectivity index (χ4n) is 3.88. The first-order valence-corrected chi connectivity index (χ1v) is 10.5. The number of urea groups is 1. The highest BCUT2D eigenvalue weighted by Gasteiger charge is 2.29. The lowest BCUT2D eigenvalue weighted by Gasteiger charge is -2.31. The Bertz CT molecular complexity index is 1130. The van der Waals surface area contributed by atoms with Crippen LogP contribution in [0.1, 0.15) is 24.6 Å². The number of amides is 2. The number of likely N-dealkylation sites (tertiary alicyclic amines) is 1. The number of hydrogen-bond acceptors (Lipinski definition) is 4. The molecule has 0 radical (unpaired) electrons. The number of anilines is 1. The van der Waals surface area contributed by atoms with E-state index in [4.69, 9.17) is 16.3 Å². The molecule has 0 unspecified atom stereocenters. The second-order valence-electron chi connectivity index (χ2n) is 7.47. The second-order valence-corrected chi connectivity index (χ2v) is 7.91. The number of para-hydroxylation sites is 1. The zero-order valence-electron chi connectivity index (χ0n) is 17.4. The summed E-state index contributed by atoms with van der Waals surface area (Å²) in [6.07, 6.45) is 1.42. The zero-order chi connectivity index (χ0) is 22.0. The molecule has 2 heterocycles. The highest BCUT2D eigenvalue weighted by Crippen LogP contribution is 2.30. The minimum Gasteiger partial charge on any atom is -0.495 e. The average molecular weight is 442 g/mol. The molecule has 31 heavy (non-hydrogen) atoms. The van der Waals surface area contributed by atoms with Gasteiger partial charge in [0, 0.05) is 31.1 Å². The summed E-state index contributed by atoms with van der Waals surface area (Å²) in [6.45, 7) is 1.11. The topological polar surface area (TPSA) is 81.4 Å². The number of aromatic nitrogens is 3. The molecule has 0 aliphatic carbocycles. The minimum absolute atomic E-state index is 0.0823. The van der Waals surface area contributed by atoms with Crippen molar-refractivity contribution in [2.75, 3.05) is 25.5 Å². The Labute approximate surface area is 185 Å². The number of carbonyl (C=O) groups excluding carboxylic acids is 1. The normalized spacial score (nSPS) is 14.5. The van der Waals surface area contributed by atoms with Crippen molar-refractivity contribution in [3.8, 4) is 11.4 Å². The van der Waals surface area contributed by atoms with E-state index in [0.29, 0.717) is 42.4 Å². The van der Waals surface area contributed by atoms with Crippen LogP contribution in [0.2, 0.25) is 5.02 Å². The molecule has 2 amide bonds. The maximum absolute atomic E-state index is 12.8. The molecule has 162 valence electrons. The van der Waals surface area contributed by atoms with Crippen LogP contribution in [0.4, 0.5) is 10.5 Å². The van der Waals surface area contributed by atoms with Crippen molar-refractivity contribution in [2.24, 2.45) is 7.05 Å². The van der Waals surface area contributed by atoms with Crippen molar-refractivity contribution >= 4 is 23.3 Å². The SMILES string of the molecule is COc1ccc(Cl)cc1NC(=O)N1CCC(c2nn(C)c(=O)n2-c2ccccc2)CC1. The van der Waals surface area contributed by atoms with Gasteiger partial charge in [-0.1, -0.05) is 29.8 Å². The largest absolute Gasteiger partial charge is 0.495 e. The fourth-order valence-corrected chi connectivity index (χ4v) is 4.05. The van der Waals surface area contributed by atoms with Crippen molar-refractivity contribution in [1.29, 1.82) is 0 Å². The van der Waals surface area contributed by atoms with Crippen molar-refractivity contribution < 1.29 is 9.53 Å². The molecule has 8 nitrogen and oxygen atoms in total. The lowest BCUT2D eigenvalue weighted by molar-refractivity contribution is 0.193. The number of hydrogen-bond donors (Lipinski definition) is 1. The third-order valence-electron chi connectivity index (χ3n) is 5.51. The highest BCUT2D eigenvalue weighted by molar-refractivity contribution is 6.31. The maximum atomic E-state index is 12.8. The van der Waals surface area contributed by atoms with E-state index >= 15 is 0 Å². The van der Waals surface area contributed by atoms with Gasteiger partial charge in [-0.2, -0.15) is 5.10 Å². The van der Waals surface area contributed by atoms with Gasteiger partial charge in [-0.3, -0.25) is 0 Å². The molecule has 0 saturated carbocycles. The Hall–Kier alpha value is -3.26. The van der Waals surface area contributed by atoms with Crippen LogP contribution in [-0.4, -0.2) is 45.5 Å². The van der Waals surface area contributed by atoms with Crippen molar-refractivity contribution in [3.63, 3.8) is 0 Å². The van der Waals surface area contributed by atoms with Gasteiger partial charge in [0.15, 0.2) is 0 Å². The first-order chi connectivity index (χ1) is 15.0. The van der Waals surface area contributed by atoms with E-state index < -0.39 is 0 Å². The van der Waals surface area contributed by atoms with E-state index in [1.54, 1.807) is 41.8 Å². The van der Waals surface area contributed by atoms with E-state index in [1.165, 1.54) is 4.68 Å². The van der Waals surface area contributed by atoms with E-state index in [0.717, 1.165) is 11.5 Å². The van der Waals surface area contributed by atoms with Crippen LogP contribution >= 0.6 is 11.6 Å². The summed E-state index contributed by atoms with van der Waals surface area (Å²) >= 11 is 6.05. The van der Waals surface area contributed by atoms with Crippen LogP contribution < -0.4 is 15.7 Å². The number of methoxy groups -OCH3 is 1. The quantitative estimate of drug-likeness (QED) is 0.670. The smallest absolute Gasteiger partial charge is 0.350 e. The molecule has 4 rings (SSSR count). The zero-order valence-corrected chi connectivity index (χ0v) is 18.2. The van der Waals surface area contributed by atoms with E-state index in [2.05, 4.69) is 10.4 Å². The lowest BCUT2D eigenvalue weighted by Crippen LogP contribution is -2.41. The van der Waals surface area contributed by atoms with Crippen LogP contribution in [0, 0.1) is 0 Å². The maximum Gasteiger partial charge on any atom is 0.350 e. The third-order valence-corrected chi connectivity index (χ3v) is 5.75. The Kier molecular flexibility index (Phi) is 5.99. The summed E-state index contributed by atoms with van der Waals surface area (Å²) in [5.74, 6) is 1.36. The number of benzene rings is 2. The molecule has 0 bridgehead atoms. The number of rotatable bonds is 4. The molecule has 0 atom stereocenters. The number of nitrogens with one attached hydrogen (secondary N) is 1. The van der Waals surface area contributed by atoms with E-state index in [9.17, 15) is 9.59 Å². The monoisotopic (exact) mass is 441 g/mol. The summed E-state index contributed by atoms with van der Waals surface area (Å²) in [7, 11) is 3.20. The molecular weight excluding hydrogens is 418 g/mol.